The molecule has 1 aromatic carbocycles. The molecule has 144 valence electrons. The van der Waals surface area contributed by atoms with Crippen molar-refractivity contribution in [1.29, 1.82) is 0 Å². The summed E-state index contributed by atoms with van der Waals surface area (Å²) in [7, 11) is -2.50. The van der Waals surface area contributed by atoms with Crippen LogP contribution >= 0.6 is 11.6 Å². The van der Waals surface area contributed by atoms with Crippen molar-refractivity contribution >= 4 is 27.6 Å². The third kappa shape index (κ3) is 3.43. The Hall–Kier alpha value is -1.35. The van der Waals surface area contributed by atoms with Gasteiger partial charge in [0.25, 0.3) is 0 Å². The summed E-state index contributed by atoms with van der Waals surface area (Å²) in [6.07, 6.45) is 1.15. The summed E-state index contributed by atoms with van der Waals surface area (Å²) in [5, 5.41) is 20.3. The molecule has 26 heavy (non-hydrogen) atoms. The standard InChI is InChI=1S/C17H22ClNO6S/c1-25-14-5-4-12(8-13(14)18)26(23,24)19-7-6-15(20)17(10-19,16(21)22)9-11-2-3-11/h4-5,8,11,15,20H,2-3,6-7,9-10H2,1H3,(H,21,22)/t15-,17-/m0/s1. The summed E-state index contributed by atoms with van der Waals surface area (Å²) in [6, 6.07) is 4.14. The molecule has 0 aromatic heterocycles. The summed E-state index contributed by atoms with van der Waals surface area (Å²) in [5.74, 6) is -0.559. The first-order valence-corrected chi connectivity index (χ1v) is 10.3. The van der Waals surface area contributed by atoms with Crippen molar-refractivity contribution < 1.29 is 28.2 Å². The largest absolute Gasteiger partial charge is 0.495 e. The molecule has 9 heteroatoms. The monoisotopic (exact) mass is 403 g/mol. The molecule has 2 N–H and O–H groups in total. The molecule has 0 radical (unpaired) electrons. The number of carboxylic acids is 1. The van der Waals surface area contributed by atoms with Crippen LogP contribution in [0.25, 0.3) is 0 Å². The Labute approximate surface area is 157 Å². The number of piperidine rings is 1. The fourth-order valence-electron chi connectivity index (χ4n) is 3.54. The van der Waals surface area contributed by atoms with E-state index in [-0.39, 0.29) is 35.3 Å². The molecule has 1 saturated heterocycles. The van der Waals surface area contributed by atoms with Gasteiger partial charge in [0.05, 0.1) is 23.1 Å². The van der Waals surface area contributed by atoms with Gasteiger partial charge in [-0.15, -0.1) is 0 Å². The maximum Gasteiger partial charge on any atom is 0.313 e. The van der Waals surface area contributed by atoms with Crippen LogP contribution in [0.4, 0.5) is 0 Å². The van der Waals surface area contributed by atoms with Gasteiger partial charge >= 0.3 is 5.97 Å². The van der Waals surface area contributed by atoms with Crippen molar-refractivity contribution in [2.75, 3.05) is 20.2 Å². The first-order valence-electron chi connectivity index (χ1n) is 8.46. The molecule has 1 heterocycles. The minimum absolute atomic E-state index is 0.0228. The van der Waals surface area contributed by atoms with E-state index in [9.17, 15) is 23.4 Å². The predicted molar refractivity (Wildman–Crippen MR) is 94.8 cm³/mol. The van der Waals surface area contributed by atoms with E-state index in [4.69, 9.17) is 16.3 Å². The molecule has 2 aliphatic rings. The Kier molecular flexibility index (Phi) is 5.22. The van der Waals surface area contributed by atoms with E-state index in [0.29, 0.717) is 12.2 Å². The fraction of sp³-hybridized carbons (Fsp3) is 0.588. The third-order valence-corrected chi connectivity index (χ3v) is 7.42. The topological polar surface area (TPSA) is 104 Å². The number of carboxylic acid groups (broad SMARTS) is 1. The highest BCUT2D eigenvalue weighted by atomic mass is 35.5. The van der Waals surface area contributed by atoms with Gasteiger partial charge in [0.2, 0.25) is 10.0 Å². The lowest BCUT2D eigenvalue weighted by molar-refractivity contribution is -0.162. The number of hydrogen-bond donors (Lipinski definition) is 2. The maximum absolute atomic E-state index is 13.0. The van der Waals surface area contributed by atoms with E-state index in [1.54, 1.807) is 0 Å². The summed E-state index contributed by atoms with van der Waals surface area (Å²) in [5.41, 5.74) is -1.47. The van der Waals surface area contributed by atoms with Crippen LogP contribution in [0.15, 0.2) is 23.1 Å². The number of halogens is 1. The molecule has 7 nitrogen and oxygen atoms in total. The molecule has 1 aliphatic heterocycles. The maximum atomic E-state index is 13.0. The van der Waals surface area contributed by atoms with Crippen LogP contribution in [-0.2, 0) is 14.8 Å². The molecular formula is C17H22ClNO6S. The van der Waals surface area contributed by atoms with Gasteiger partial charge in [0.1, 0.15) is 11.2 Å². The van der Waals surface area contributed by atoms with E-state index < -0.39 is 27.5 Å². The minimum Gasteiger partial charge on any atom is -0.495 e. The second kappa shape index (κ2) is 6.99. The van der Waals surface area contributed by atoms with Crippen LogP contribution in [0.1, 0.15) is 25.7 Å². The average molecular weight is 404 g/mol. The second-order valence-corrected chi connectivity index (χ2v) is 9.39. The molecule has 2 atom stereocenters. The Morgan fingerprint density at radius 3 is 2.62 bits per heavy atom. The number of rotatable bonds is 6. The lowest BCUT2D eigenvalue weighted by Crippen LogP contribution is -2.57. The predicted octanol–water partition coefficient (Wildman–Crippen LogP) is 1.97. The summed E-state index contributed by atoms with van der Waals surface area (Å²) in [6.45, 7) is -0.182. The number of nitrogens with zero attached hydrogens (tertiary/aromatic N) is 1. The van der Waals surface area contributed by atoms with Crippen molar-refractivity contribution in [3.8, 4) is 5.75 Å². The highest BCUT2D eigenvalue weighted by Crippen LogP contribution is 2.46. The van der Waals surface area contributed by atoms with Crippen molar-refractivity contribution in [2.24, 2.45) is 11.3 Å². The van der Waals surface area contributed by atoms with Crippen molar-refractivity contribution in [1.82, 2.24) is 4.31 Å². The van der Waals surface area contributed by atoms with Crippen LogP contribution in [0.2, 0.25) is 5.02 Å². The fourth-order valence-corrected chi connectivity index (χ4v) is 5.41. The number of aliphatic hydroxyl groups excluding tert-OH is 1. The number of benzene rings is 1. The summed E-state index contributed by atoms with van der Waals surface area (Å²) >= 11 is 6.04. The zero-order valence-electron chi connectivity index (χ0n) is 14.4. The zero-order chi connectivity index (χ0) is 19.1. The van der Waals surface area contributed by atoms with Crippen molar-refractivity contribution in [2.45, 2.75) is 36.7 Å². The van der Waals surface area contributed by atoms with E-state index >= 15 is 0 Å². The number of carbonyl (C=O) groups is 1. The second-order valence-electron chi connectivity index (χ2n) is 7.05. The van der Waals surface area contributed by atoms with E-state index in [1.165, 1.54) is 25.3 Å². The molecule has 1 saturated carbocycles. The van der Waals surface area contributed by atoms with Crippen LogP contribution in [0.3, 0.4) is 0 Å². The number of methoxy groups -OCH3 is 1. The van der Waals surface area contributed by atoms with Crippen LogP contribution in [0, 0.1) is 11.3 Å². The highest BCUT2D eigenvalue weighted by Gasteiger charge is 2.53. The molecule has 2 fully saturated rings. The van der Waals surface area contributed by atoms with Gasteiger partial charge in [-0.1, -0.05) is 24.4 Å². The molecule has 1 aromatic rings. The van der Waals surface area contributed by atoms with Gasteiger partial charge in [-0.3, -0.25) is 4.79 Å². The minimum atomic E-state index is -3.93. The summed E-state index contributed by atoms with van der Waals surface area (Å²) in [4.78, 5) is 12.0. The van der Waals surface area contributed by atoms with Crippen LogP contribution in [-0.4, -0.2) is 55.2 Å². The number of aliphatic carboxylic acids is 1. The Morgan fingerprint density at radius 2 is 2.08 bits per heavy atom. The Balaban J connectivity index is 1.92. The SMILES string of the molecule is COc1ccc(S(=O)(=O)N2CC[C@H](O)[C@@](CC3CC3)(C(=O)O)C2)cc1Cl. The van der Waals surface area contributed by atoms with Gasteiger partial charge in [-0.05, 0) is 37.0 Å². The molecule has 0 unspecified atom stereocenters. The van der Waals surface area contributed by atoms with Gasteiger partial charge in [-0.25, -0.2) is 8.42 Å². The number of aliphatic hydroxyl groups is 1. The average Bonchev–Trinajstić information content (AvgIpc) is 3.40. The smallest absolute Gasteiger partial charge is 0.313 e. The van der Waals surface area contributed by atoms with Crippen LogP contribution in [0.5, 0.6) is 5.75 Å². The van der Waals surface area contributed by atoms with Crippen LogP contribution < -0.4 is 4.74 Å². The molecule has 0 spiro atoms. The molecule has 0 amide bonds. The number of ether oxygens (including phenoxy) is 1. The Bertz CT molecular complexity index is 809. The van der Waals surface area contributed by atoms with E-state index in [0.717, 1.165) is 17.1 Å². The van der Waals surface area contributed by atoms with Gasteiger partial charge in [-0.2, -0.15) is 4.31 Å². The first-order chi connectivity index (χ1) is 12.2. The first kappa shape index (κ1) is 19.4. The van der Waals surface area contributed by atoms with Gasteiger partial charge < -0.3 is 14.9 Å². The summed E-state index contributed by atoms with van der Waals surface area (Å²) < 4.78 is 32.2. The van der Waals surface area contributed by atoms with E-state index in [2.05, 4.69) is 0 Å². The highest BCUT2D eigenvalue weighted by molar-refractivity contribution is 7.89. The van der Waals surface area contributed by atoms with Crippen molar-refractivity contribution in [3.63, 3.8) is 0 Å². The quantitative estimate of drug-likeness (QED) is 0.752. The zero-order valence-corrected chi connectivity index (χ0v) is 16.0. The van der Waals surface area contributed by atoms with E-state index in [1.807, 2.05) is 0 Å². The van der Waals surface area contributed by atoms with Gasteiger partial charge in [0.15, 0.2) is 0 Å². The lowest BCUT2D eigenvalue weighted by atomic mass is 9.74. The lowest BCUT2D eigenvalue weighted by Gasteiger charge is -2.42. The third-order valence-electron chi connectivity index (χ3n) is 5.29. The molecule has 3 rings (SSSR count). The molecule has 0 bridgehead atoms. The molecular weight excluding hydrogens is 382 g/mol. The van der Waals surface area contributed by atoms with Crippen molar-refractivity contribution in [3.05, 3.63) is 23.2 Å². The molecule has 1 aliphatic carbocycles. The Morgan fingerprint density at radius 1 is 1.38 bits per heavy atom. The van der Waals surface area contributed by atoms with Gasteiger partial charge in [0, 0.05) is 13.1 Å². The number of hydrogen-bond acceptors (Lipinski definition) is 5. The normalized spacial score (nSPS) is 27.3. The number of sulfonamides is 1.